The molecule has 5 nitrogen and oxygen atoms in total. The molecule has 2 rings (SSSR count). The Morgan fingerprint density at radius 2 is 1.23 bits per heavy atom. The van der Waals surface area contributed by atoms with E-state index < -0.39 is 8.60 Å². The summed E-state index contributed by atoms with van der Waals surface area (Å²) >= 11 is 0. The van der Waals surface area contributed by atoms with E-state index in [1.54, 1.807) is 38.5 Å². The van der Waals surface area contributed by atoms with Crippen LogP contribution in [0.4, 0.5) is 0 Å². The van der Waals surface area contributed by atoms with Crippen molar-refractivity contribution in [1.82, 2.24) is 0 Å². The van der Waals surface area contributed by atoms with Crippen LogP contribution in [0.5, 0.6) is 23.0 Å². The summed E-state index contributed by atoms with van der Waals surface area (Å²) in [6.45, 7) is 7.43. The van der Waals surface area contributed by atoms with Crippen LogP contribution in [0.1, 0.15) is 11.1 Å². The Kier molecular flexibility index (Phi) is 7.52. The van der Waals surface area contributed by atoms with Crippen LogP contribution in [0.3, 0.4) is 0 Å². The monoisotopic (exact) mass is 374 g/mol. The SMILES string of the molecule is C=CCc1ccc(OP(O)Oc2ccc(CC=C)cc2OC)c(OC)c1. The molecule has 26 heavy (non-hydrogen) atoms. The summed E-state index contributed by atoms with van der Waals surface area (Å²) in [6, 6.07) is 10.9. The molecule has 0 fully saturated rings. The van der Waals surface area contributed by atoms with Crippen molar-refractivity contribution in [3.8, 4) is 23.0 Å². The predicted molar refractivity (Wildman–Crippen MR) is 104 cm³/mol. The van der Waals surface area contributed by atoms with Crippen LogP contribution in [-0.2, 0) is 12.8 Å². The average molecular weight is 374 g/mol. The molecule has 1 N–H and O–H groups in total. The fraction of sp³-hybridized carbons (Fsp3) is 0.200. The van der Waals surface area contributed by atoms with Gasteiger partial charge in [0.25, 0.3) is 0 Å². The maximum absolute atomic E-state index is 10.2. The molecule has 0 bridgehead atoms. The molecular formula is C20H23O5P. The maximum Gasteiger partial charge on any atom is 0.460 e. The lowest BCUT2D eigenvalue weighted by atomic mass is 10.1. The Balaban J connectivity index is 2.12. The van der Waals surface area contributed by atoms with Crippen molar-refractivity contribution in [2.24, 2.45) is 0 Å². The quantitative estimate of drug-likeness (QED) is 0.476. The highest BCUT2D eigenvalue weighted by Gasteiger charge is 2.18. The smallest absolute Gasteiger partial charge is 0.460 e. The maximum atomic E-state index is 10.2. The van der Waals surface area contributed by atoms with Crippen LogP contribution in [-0.4, -0.2) is 19.1 Å². The molecule has 0 aliphatic carbocycles. The van der Waals surface area contributed by atoms with Crippen LogP contribution in [0.2, 0.25) is 0 Å². The Labute approximate surface area is 155 Å². The minimum atomic E-state index is -2.21. The van der Waals surface area contributed by atoms with E-state index in [0.29, 0.717) is 23.0 Å². The van der Waals surface area contributed by atoms with Gasteiger partial charge < -0.3 is 23.4 Å². The molecule has 2 aromatic rings. The zero-order valence-electron chi connectivity index (χ0n) is 15.0. The molecule has 0 saturated heterocycles. The van der Waals surface area contributed by atoms with Gasteiger partial charge in [-0.2, -0.15) is 0 Å². The first-order valence-electron chi connectivity index (χ1n) is 8.01. The second-order valence-corrected chi connectivity index (χ2v) is 6.22. The molecule has 138 valence electrons. The van der Waals surface area contributed by atoms with Crippen molar-refractivity contribution >= 4 is 8.60 Å². The highest BCUT2D eigenvalue weighted by atomic mass is 31.2. The van der Waals surface area contributed by atoms with Gasteiger partial charge in [0, 0.05) is 0 Å². The Morgan fingerprint density at radius 1 is 0.808 bits per heavy atom. The topological polar surface area (TPSA) is 57.2 Å². The molecule has 0 saturated carbocycles. The number of benzene rings is 2. The highest BCUT2D eigenvalue weighted by Crippen LogP contribution is 2.43. The van der Waals surface area contributed by atoms with Crippen molar-refractivity contribution in [3.63, 3.8) is 0 Å². The van der Waals surface area contributed by atoms with Crippen LogP contribution in [0.25, 0.3) is 0 Å². The average Bonchev–Trinajstić information content (AvgIpc) is 2.64. The van der Waals surface area contributed by atoms with Crippen molar-refractivity contribution < 1.29 is 23.4 Å². The minimum absolute atomic E-state index is 0.399. The van der Waals surface area contributed by atoms with E-state index in [-0.39, 0.29) is 0 Å². The van der Waals surface area contributed by atoms with Gasteiger partial charge in [0.1, 0.15) is 0 Å². The number of rotatable bonds is 10. The van der Waals surface area contributed by atoms with Gasteiger partial charge in [-0.15, -0.1) is 13.2 Å². The minimum Gasteiger partial charge on any atom is -0.493 e. The Morgan fingerprint density at radius 3 is 1.58 bits per heavy atom. The third-order valence-electron chi connectivity index (χ3n) is 3.57. The summed E-state index contributed by atoms with van der Waals surface area (Å²) in [5.74, 6) is 1.83. The first-order valence-corrected chi connectivity index (χ1v) is 9.14. The first kappa shape index (κ1) is 19.8. The fourth-order valence-corrected chi connectivity index (χ4v) is 3.02. The summed E-state index contributed by atoms with van der Waals surface area (Å²) in [5.41, 5.74) is 2.07. The van der Waals surface area contributed by atoms with Gasteiger partial charge in [0.05, 0.1) is 14.2 Å². The van der Waals surface area contributed by atoms with Crippen molar-refractivity contribution in [2.45, 2.75) is 12.8 Å². The number of methoxy groups -OCH3 is 2. The molecule has 0 unspecified atom stereocenters. The van der Waals surface area contributed by atoms with E-state index in [1.165, 1.54) is 0 Å². The molecule has 0 aliphatic rings. The van der Waals surface area contributed by atoms with E-state index in [9.17, 15) is 4.89 Å². The second kappa shape index (κ2) is 9.85. The number of hydrogen-bond acceptors (Lipinski definition) is 5. The van der Waals surface area contributed by atoms with Crippen LogP contribution in [0.15, 0.2) is 61.7 Å². The van der Waals surface area contributed by atoms with Gasteiger partial charge in [-0.1, -0.05) is 24.3 Å². The Bertz CT molecular complexity index is 696. The standard InChI is InChI=1S/C20H23O5P/c1-5-7-15-9-11-17(19(13-15)22-3)24-26(21)25-18-12-10-16(8-6-2)14-20(18)23-4/h5-6,9-14,21H,1-2,7-8H2,3-4H3. The predicted octanol–water partition coefficient (Wildman–Crippen LogP) is 4.84. The Hall–Kier alpha value is -2.49. The molecule has 0 aliphatic heterocycles. The van der Waals surface area contributed by atoms with Crippen LogP contribution < -0.4 is 18.5 Å². The second-order valence-electron chi connectivity index (χ2n) is 5.38. The van der Waals surface area contributed by atoms with Crippen LogP contribution in [0, 0.1) is 0 Å². The van der Waals surface area contributed by atoms with E-state index in [1.807, 2.05) is 24.3 Å². The van der Waals surface area contributed by atoms with E-state index in [4.69, 9.17) is 18.5 Å². The molecule has 0 aromatic heterocycles. The third kappa shape index (κ3) is 5.25. The van der Waals surface area contributed by atoms with Crippen LogP contribution >= 0.6 is 8.60 Å². The summed E-state index contributed by atoms with van der Waals surface area (Å²) in [6.07, 6.45) is 5.05. The molecule has 0 heterocycles. The van der Waals surface area contributed by atoms with Gasteiger partial charge >= 0.3 is 8.60 Å². The van der Waals surface area contributed by atoms with Gasteiger partial charge in [0.2, 0.25) is 0 Å². The zero-order chi connectivity index (χ0) is 18.9. The van der Waals surface area contributed by atoms with Crippen molar-refractivity contribution in [3.05, 3.63) is 72.8 Å². The molecule has 6 heteroatoms. The molecule has 0 amide bonds. The van der Waals surface area contributed by atoms with E-state index in [2.05, 4.69) is 13.2 Å². The molecule has 0 spiro atoms. The molecule has 2 aromatic carbocycles. The normalized spacial score (nSPS) is 10.3. The fourth-order valence-electron chi connectivity index (χ4n) is 2.35. The number of ether oxygens (including phenoxy) is 2. The summed E-state index contributed by atoms with van der Waals surface area (Å²) < 4.78 is 21.7. The molecule has 0 atom stereocenters. The summed E-state index contributed by atoms with van der Waals surface area (Å²) in [4.78, 5) is 10.2. The van der Waals surface area contributed by atoms with Gasteiger partial charge in [0.15, 0.2) is 23.0 Å². The number of allylic oxidation sites excluding steroid dienone is 2. The molecular weight excluding hydrogens is 351 g/mol. The zero-order valence-corrected chi connectivity index (χ0v) is 15.9. The van der Waals surface area contributed by atoms with Gasteiger partial charge in [-0.05, 0) is 48.2 Å². The lowest BCUT2D eigenvalue weighted by molar-refractivity contribution is 0.343. The lowest BCUT2D eigenvalue weighted by Gasteiger charge is -2.17. The number of hydrogen-bond donors (Lipinski definition) is 1. The first-order chi connectivity index (χ1) is 12.6. The largest absolute Gasteiger partial charge is 0.493 e. The van der Waals surface area contributed by atoms with Gasteiger partial charge in [-0.25, -0.2) is 0 Å². The van der Waals surface area contributed by atoms with Crippen molar-refractivity contribution in [2.75, 3.05) is 14.2 Å². The third-order valence-corrected chi connectivity index (χ3v) is 4.27. The summed E-state index contributed by atoms with van der Waals surface area (Å²) in [7, 11) is 0.874. The lowest BCUT2D eigenvalue weighted by Crippen LogP contribution is -1.99. The van der Waals surface area contributed by atoms with E-state index in [0.717, 1.165) is 24.0 Å². The van der Waals surface area contributed by atoms with E-state index >= 15 is 0 Å². The van der Waals surface area contributed by atoms with Crippen molar-refractivity contribution in [1.29, 1.82) is 0 Å². The summed E-state index contributed by atoms with van der Waals surface area (Å²) in [5, 5.41) is 0. The highest BCUT2D eigenvalue weighted by molar-refractivity contribution is 7.41. The van der Waals surface area contributed by atoms with Gasteiger partial charge in [-0.3, -0.25) is 0 Å². The molecule has 0 radical (unpaired) electrons.